The second-order valence-electron chi connectivity index (χ2n) is 7.68. The molecular formula is C18H18F9N5O2S. The Morgan fingerprint density at radius 1 is 0.914 bits per heavy atom. The van der Waals surface area contributed by atoms with Gasteiger partial charge in [-0.05, 0) is 37.1 Å². The average Bonchev–Trinajstić information content (AvgIpc) is 3.24. The summed E-state index contributed by atoms with van der Waals surface area (Å²) in [4.78, 5) is 5.57. The van der Waals surface area contributed by atoms with Gasteiger partial charge in [-0.2, -0.15) is 52.2 Å². The summed E-state index contributed by atoms with van der Waals surface area (Å²) in [5, 5.41) is -0.766. The van der Waals surface area contributed by atoms with Gasteiger partial charge in [0.2, 0.25) is 0 Å². The maximum atomic E-state index is 13.7. The summed E-state index contributed by atoms with van der Waals surface area (Å²) in [6.07, 6.45) is -14.0. The van der Waals surface area contributed by atoms with Gasteiger partial charge in [-0.15, -0.1) is 4.83 Å². The van der Waals surface area contributed by atoms with E-state index in [4.69, 9.17) is 0 Å². The van der Waals surface area contributed by atoms with Crippen molar-refractivity contribution >= 4 is 32.6 Å². The summed E-state index contributed by atoms with van der Waals surface area (Å²) >= 11 is 0. The van der Waals surface area contributed by atoms with Crippen LogP contribution in [0.25, 0.3) is 10.9 Å². The highest BCUT2D eigenvalue weighted by Gasteiger charge is 2.38. The first-order valence-corrected chi connectivity index (χ1v) is 11.3. The van der Waals surface area contributed by atoms with Crippen molar-refractivity contribution in [3.8, 4) is 0 Å². The van der Waals surface area contributed by atoms with Gasteiger partial charge in [0.05, 0.1) is 11.1 Å². The average molecular weight is 539 g/mol. The van der Waals surface area contributed by atoms with Crippen LogP contribution in [0.3, 0.4) is 0 Å². The fraction of sp³-hybridized carbons (Fsp3) is 0.500. The molecule has 0 atom stereocenters. The number of fused-ring (bicyclic) bond motifs is 1. The summed E-state index contributed by atoms with van der Waals surface area (Å²) in [6, 6.07) is 2.52. The van der Waals surface area contributed by atoms with E-state index < -0.39 is 69.8 Å². The summed E-state index contributed by atoms with van der Waals surface area (Å²) in [7, 11) is -4.08. The molecule has 1 saturated heterocycles. The number of hydrogen-bond donors (Lipinski definition) is 2. The normalized spacial score (nSPS) is 16.1. The highest BCUT2D eigenvalue weighted by atomic mass is 32.2. The minimum Gasteiger partial charge on any atom is -0.353 e. The predicted octanol–water partition coefficient (Wildman–Crippen LogP) is 4.44. The van der Waals surface area contributed by atoms with Gasteiger partial charge in [0.15, 0.2) is 0 Å². The number of hydrogen-bond acceptors (Lipinski definition) is 5. The Bertz CT molecular complexity index is 1140. The molecule has 3 rings (SSSR count). The van der Waals surface area contributed by atoms with E-state index in [2.05, 4.69) is 10.4 Å². The van der Waals surface area contributed by atoms with Crippen molar-refractivity contribution in [3.05, 3.63) is 29.8 Å². The van der Waals surface area contributed by atoms with Crippen LogP contribution in [0.1, 0.15) is 18.4 Å². The molecule has 0 unspecified atom stereocenters. The molecule has 1 fully saturated rings. The number of anilines is 2. The molecular weight excluding hydrogens is 521 g/mol. The number of aromatic nitrogens is 1. The van der Waals surface area contributed by atoms with Crippen LogP contribution in [0.5, 0.6) is 0 Å². The lowest BCUT2D eigenvalue weighted by atomic mass is 10.1. The summed E-state index contributed by atoms with van der Waals surface area (Å²) in [5.74, 6) is -0.581. The zero-order valence-corrected chi connectivity index (χ0v) is 18.3. The van der Waals surface area contributed by atoms with E-state index in [1.807, 2.05) is 4.83 Å². The van der Waals surface area contributed by atoms with E-state index in [1.165, 1.54) is 0 Å². The Kier molecular flexibility index (Phi) is 7.34. The Balaban J connectivity index is 2.00. The highest BCUT2D eigenvalue weighted by molar-refractivity contribution is 7.87. The maximum Gasteiger partial charge on any atom is 0.417 e. The minimum absolute atomic E-state index is 0.143. The highest BCUT2D eigenvalue weighted by Crippen LogP contribution is 2.38. The third-order valence-electron chi connectivity index (χ3n) is 4.92. The number of rotatable bonds is 7. The third-order valence-corrected chi connectivity index (χ3v) is 6.32. The topological polar surface area (TPSA) is 77.6 Å². The van der Waals surface area contributed by atoms with Gasteiger partial charge in [0.25, 0.3) is 10.2 Å². The predicted molar refractivity (Wildman–Crippen MR) is 108 cm³/mol. The van der Waals surface area contributed by atoms with Crippen molar-refractivity contribution in [1.29, 1.82) is 0 Å². The van der Waals surface area contributed by atoms with Crippen molar-refractivity contribution in [2.45, 2.75) is 31.4 Å². The first-order valence-electron chi connectivity index (χ1n) is 9.88. The first kappa shape index (κ1) is 27.1. The van der Waals surface area contributed by atoms with Gasteiger partial charge in [-0.1, -0.05) is 0 Å². The lowest BCUT2D eigenvalue weighted by Crippen LogP contribution is -2.41. The Morgan fingerprint density at radius 3 is 2.00 bits per heavy atom. The van der Waals surface area contributed by atoms with Crippen LogP contribution in [0.2, 0.25) is 0 Å². The molecule has 0 aliphatic carbocycles. The molecule has 35 heavy (non-hydrogen) atoms. The molecule has 2 aromatic rings. The fourth-order valence-electron chi connectivity index (χ4n) is 3.49. The van der Waals surface area contributed by atoms with Gasteiger partial charge in [0.1, 0.15) is 18.9 Å². The molecule has 17 heteroatoms. The van der Waals surface area contributed by atoms with E-state index in [1.54, 1.807) is 0 Å². The molecule has 0 radical (unpaired) electrons. The van der Waals surface area contributed by atoms with Gasteiger partial charge >= 0.3 is 18.5 Å². The second kappa shape index (κ2) is 9.50. The van der Waals surface area contributed by atoms with Crippen LogP contribution in [0, 0.1) is 0 Å². The molecule has 0 spiro atoms. The second-order valence-corrected chi connectivity index (χ2v) is 9.35. The number of benzene rings is 1. The molecule has 196 valence electrons. The Hall–Kier alpha value is -2.53. The lowest BCUT2D eigenvalue weighted by molar-refractivity contribution is -0.138. The molecule has 1 aliphatic heterocycles. The SMILES string of the molecule is O=S(=O)(NNc1cc(C(F)(F)F)c2cc(N(CC(F)(F)F)CC(F)(F)F)ccc2n1)N1CCCC1. The monoisotopic (exact) mass is 539 g/mol. The minimum atomic E-state index is -5.09. The van der Waals surface area contributed by atoms with E-state index >= 15 is 0 Å². The molecule has 0 bridgehead atoms. The summed E-state index contributed by atoms with van der Waals surface area (Å²) in [5.41, 5.74) is -0.566. The number of halogens is 9. The van der Waals surface area contributed by atoms with Crippen LogP contribution < -0.4 is 15.2 Å². The van der Waals surface area contributed by atoms with Crippen LogP contribution in [0.4, 0.5) is 51.0 Å². The number of hydrazine groups is 1. The molecule has 1 aromatic carbocycles. The van der Waals surface area contributed by atoms with Crippen molar-refractivity contribution in [2.24, 2.45) is 0 Å². The summed E-state index contributed by atoms with van der Waals surface area (Å²) in [6.45, 7) is -3.67. The van der Waals surface area contributed by atoms with E-state index in [0.717, 1.165) is 16.4 Å². The van der Waals surface area contributed by atoms with Crippen molar-refractivity contribution in [3.63, 3.8) is 0 Å². The molecule has 1 aromatic heterocycles. The number of nitrogens with zero attached hydrogens (tertiary/aromatic N) is 3. The molecule has 1 aliphatic rings. The molecule has 2 N–H and O–H groups in total. The van der Waals surface area contributed by atoms with Gasteiger partial charge in [0, 0.05) is 24.2 Å². The quantitative estimate of drug-likeness (QED) is 0.402. The largest absolute Gasteiger partial charge is 0.417 e. The fourth-order valence-corrected chi connectivity index (χ4v) is 4.59. The first-order chi connectivity index (χ1) is 15.9. The van der Waals surface area contributed by atoms with Crippen LogP contribution in [-0.4, -0.2) is 56.2 Å². The maximum absolute atomic E-state index is 13.7. The zero-order chi connectivity index (χ0) is 26.2. The van der Waals surface area contributed by atoms with E-state index in [9.17, 15) is 47.9 Å². The van der Waals surface area contributed by atoms with Crippen molar-refractivity contribution in [2.75, 3.05) is 36.5 Å². The van der Waals surface area contributed by atoms with E-state index in [0.29, 0.717) is 25.0 Å². The van der Waals surface area contributed by atoms with E-state index in [-0.39, 0.29) is 18.0 Å². The van der Waals surface area contributed by atoms with Crippen LogP contribution >= 0.6 is 0 Å². The molecule has 0 amide bonds. The standard InChI is InChI=1S/C18H18F9N5O2S/c19-16(20,21)9-31(10-17(22,23)24)11-3-4-14-12(7-11)13(18(25,26)27)8-15(28-14)29-30-35(33,34)32-5-1-2-6-32/h3-4,7-8,30H,1-2,5-6,9-10H2,(H,28,29). The molecule has 7 nitrogen and oxygen atoms in total. The Labute approximate surface area is 193 Å². The number of pyridine rings is 1. The molecule has 0 saturated carbocycles. The van der Waals surface area contributed by atoms with Gasteiger partial charge in [-0.3, -0.25) is 5.43 Å². The van der Waals surface area contributed by atoms with Crippen molar-refractivity contribution in [1.82, 2.24) is 14.1 Å². The molecule has 2 heterocycles. The van der Waals surface area contributed by atoms with Gasteiger partial charge in [-0.25, -0.2) is 4.98 Å². The Morgan fingerprint density at radius 2 is 1.49 bits per heavy atom. The zero-order valence-electron chi connectivity index (χ0n) is 17.5. The summed E-state index contributed by atoms with van der Waals surface area (Å²) < 4.78 is 144. The van der Waals surface area contributed by atoms with Crippen LogP contribution in [-0.2, 0) is 16.4 Å². The van der Waals surface area contributed by atoms with Gasteiger partial charge < -0.3 is 4.90 Å². The van der Waals surface area contributed by atoms with Crippen molar-refractivity contribution < 1.29 is 47.9 Å². The van der Waals surface area contributed by atoms with Crippen LogP contribution in [0.15, 0.2) is 24.3 Å². The number of nitrogens with one attached hydrogen (secondary N) is 2. The smallest absolute Gasteiger partial charge is 0.353 e. The number of alkyl halides is 9. The lowest BCUT2D eigenvalue weighted by Gasteiger charge is -2.27. The third kappa shape index (κ3) is 7.23.